The van der Waals surface area contributed by atoms with Crippen LogP contribution in [-0.4, -0.2) is 42.0 Å². The lowest BCUT2D eigenvalue weighted by molar-refractivity contribution is 0.0952. The van der Waals surface area contributed by atoms with Crippen molar-refractivity contribution in [3.8, 4) is 10.6 Å². The Kier molecular flexibility index (Phi) is 5.90. The Hall–Kier alpha value is -1.24. The zero-order chi connectivity index (χ0) is 15.2. The van der Waals surface area contributed by atoms with Crippen molar-refractivity contribution < 1.29 is 4.79 Å². The SMILES string of the molecule is CCN(CC)CCNC(=O)c1sc(-c2ccsc2)nc1C. The molecule has 0 spiro atoms. The summed E-state index contributed by atoms with van der Waals surface area (Å²) >= 11 is 3.11. The van der Waals surface area contributed by atoms with E-state index in [-0.39, 0.29) is 5.91 Å². The van der Waals surface area contributed by atoms with Crippen LogP contribution in [0.5, 0.6) is 0 Å². The number of nitrogens with zero attached hydrogens (tertiary/aromatic N) is 2. The Morgan fingerprint density at radius 1 is 1.38 bits per heavy atom. The van der Waals surface area contributed by atoms with Crippen LogP contribution in [0.3, 0.4) is 0 Å². The molecule has 0 radical (unpaired) electrons. The van der Waals surface area contributed by atoms with Crippen LogP contribution in [0.15, 0.2) is 16.8 Å². The van der Waals surface area contributed by atoms with E-state index in [2.05, 4.69) is 34.4 Å². The monoisotopic (exact) mass is 323 g/mol. The lowest BCUT2D eigenvalue weighted by atomic mass is 10.3. The van der Waals surface area contributed by atoms with Gasteiger partial charge >= 0.3 is 0 Å². The van der Waals surface area contributed by atoms with Gasteiger partial charge in [0.2, 0.25) is 0 Å². The molecular formula is C15H21N3OS2. The Balaban J connectivity index is 1.97. The van der Waals surface area contributed by atoms with E-state index in [0.29, 0.717) is 6.54 Å². The minimum atomic E-state index is -0.0152. The number of likely N-dealkylation sites (N-methyl/N-ethyl adjacent to an activating group) is 1. The third-order valence-electron chi connectivity index (χ3n) is 3.38. The lowest BCUT2D eigenvalue weighted by Crippen LogP contribution is -2.34. The van der Waals surface area contributed by atoms with Crippen molar-refractivity contribution in [1.29, 1.82) is 0 Å². The van der Waals surface area contributed by atoms with Gasteiger partial charge in [-0.05, 0) is 31.5 Å². The second-order valence-corrected chi connectivity index (χ2v) is 6.51. The number of thiazole rings is 1. The van der Waals surface area contributed by atoms with Crippen LogP contribution in [-0.2, 0) is 0 Å². The summed E-state index contributed by atoms with van der Waals surface area (Å²) in [5, 5.41) is 7.99. The maximum absolute atomic E-state index is 12.2. The third kappa shape index (κ3) is 4.12. The number of thiophene rings is 1. The van der Waals surface area contributed by atoms with Crippen molar-refractivity contribution in [3.63, 3.8) is 0 Å². The van der Waals surface area contributed by atoms with Gasteiger partial charge in [0.1, 0.15) is 9.88 Å². The van der Waals surface area contributed by atoms with Crippen molar-refractivity contribution in [2.75, 3.05) is 26.2 Å². The summed E-state index contributed by atoms with van der Waals surface area (Å²) in [5.74, 6) is -0.0152. The predicted octanol–water partition coefficient (Wildman–Crippen LogP) is 3.25. The van der Waals surface area contributed by atoms with Crippen LogP contribution in [0.25, 0.3) is 10.6 Å². The first kappa shape index (κ1) is 16.1. The molecule has 0 fully saturated rings. The van der Waals surface area contributed by atoms with E-state index in [1.54, 1.807) is 11.3 Å². The Labute approximate surface area is 133 Å². The van der Waals surface area contributed by atoms with Gasteiger partial charge in [-0.2, -0.15) is 11.3 Å². The number of hydrogen-bond acceptors (Lipinski definition) is 5. The molecule has 0 atom stereocenters. The molecule has 0 aromatic carbocycles. The summed E-state index contributed by atoms with van der Waals surface area (Å²) in [6, 6.07) is 2.03. The van der Waals surface area contributed by atoms with Crippen molar-refractivity contribution in [3.05, 3.63) is 27.4 Å². The highest BCUT2D eigenvalue weighted by Crippen LogP contribution is 2.29. The predicted molar refractivity (Wildman–Crippen MR) is 90.3 cm³/mol. The molecule has 0 aliphatic carbocycles. The molecule has 0 aliphatic heterocycles. The van der Waals surface area contributed by atoms with Gasteiger partial charge in [0.25, 0.3) is 5.91 Å². The molecule has 114 valence electrons. The second kappa shape index (κ2) is 7.68. The van der Waals surface area contributed by atoms with E-state index in [1.165, 1.54) is 11.3 Å². The average molecular weight is 323 g/mol. The van der Waals surface area contributed by atoms with E-state index in [4.69, 9.17) is 0 Å². The standard InChI is InChI=1S/C15H21N3OS2/c1-4-18(5-2)8-7-16-14(19)13-11(3)17-15(21-13)12-6-9-20-10-12/h6,9-10H,4-5,7-8H2,1-3H3,(H,16,19). The van der Waals surface area contributed by atoms with Gasteiger partial charge in [-0.3, -0.25) is 4.79 Å². The van der Waals surface area contributed by atoms with E-state index < -0.39 is 0 Å². The fraction of sp³-hybridized carbons (Fsp3) is 0.467. The van der Waals surface area contributed by atoms with Gasteiger partial charge in [-0.25, -0.2) is 4.98 Å². The summed E-state index contributed by atoms with van der Waals surface area (Å²) in [7, 11) is 0. The number of nitrogens with one attached hydrogen (secondary N) is 1. The van der Waals surface area contributed by atoms with Gasteiger partial charge in [-0.15, -0.1) is 11.3 Å². The number of amides is 1. The van der Waals surface area contributed by atoms with E-state index in [0.717, 1.165) is 40.8 Å². The van der Waals surface area contributed by atoms with Gasteiger partial charge in [0.15, 0.2) is 0 Å². The highest BCUT2D eigenvalue weighted by atomic mass is 32.1. The molecule has 2 rings (SSSR count). The van der Waals surface area contributed by atoms with Crippen molar-refractivity contribution in [2.45, 2.75) is 20.8 Å². The summed E-state index contributed by atoms with van der Waals surface area (Å²) < 4.78 is 0. The van der Waals surface area contributed by atoms with Gasteiger partial charge < -0.3 is 10.2 Å². The molecule has 21 heavy (non-hydrogen) atoms. The minimum absolute atomic E-state index is 0.0152. The Morgan fingerprint density at radius 3 is 2.76 bits per heavy atom. The Morgan fingerprint density at radius 2 is 2.14 bits per heavy atom. The summed E-state index contributed by atoms with van der Waals surface area (Å²) in [6.45, 7) is 9.73. The maximum atomic E-state index is 12.2. The maximum Gasteiger partial charge on any atom is 0.263 e. The number of carbonyl (C=O) groups is 1. The smallest absolute Gasteiger partial charge is 0.263 e. The molecule has 1 N–H and O–H groups in total. The minimum Gasteiger partial charge on any atom is -0.350 e. The van der Waals surface area contributed by atoms with Gasteiger partial charge in [0.05, 0.1) is 5.69 Å². The number of carbonyl (C=O) groups excluding carboxylic acids is 1. The first-order valence-electron chi connectivity index (χ1n) is 7.16. The van der Waals surface area contributed by atoms with Crippen molar-refractivity contribution in [1.82, 2.24) is 15.2 Å². The normalized spacial score (nSPS) is 11.0. The van der Waals surface area contributed by atoms with Crippen molar-refractivity contribution >= 4 is 28.6 Å². The van der Waals surface area contributed by atoms with Crippen LogP contribution in [0.2, 0.25) is 0 Å². The van der Waals surface area contributed by atoms with Gasteiger partial charge in [0, 0.05) is 24.0 Å². The largest absolute Gasteiger partial charge is 0.350 e. The first-order chi connectivity index (χ1) is 10.2. The fourth-order valence-electron chi connectivity index (χ4n) is 2.06. The molecule has 0 aliphatic rings. The summed E-state index contributed by atoms with van der Waals surface area (Å²) in [5.41, 5.74) is 1.90. The molecule has 6 heteroatoms. The second-order valence-electron chi connectivity index (χ2n) is 4.73. The topological polar surface area (TPSA) is 45.2 Å². The molecule has 2 heterocycles. The number of aryl methyl sites for hydroxylation is 1. The molecule has 2 aromatic rings. The van der Waals surface area contributed by atoms with E-state index in [9.17, 15) is 4.79 Å². The molecule has 2 aromatic heterocycles. The average Bonchev–Trinajstić information content (AvgIpc) is 3.12. The van der Waals surface area contributed by atoms with Crippen molar-refractivity contribution in [2.24, 2.45) is 0 Å². The van der Waals surface area contributed by atoms with E-state index >= 15 is 0 Å². The molecule has 1 amide bonds. The molecule has 4 nitrogen and oxygen atoms in total. The molecule has 0 saturated heterocycles. The first-order valence-corrected chi connectivity index (χ1v) is 8.92. The quantitative estimate of drug-likeness (QED) is 0.851. The number of rotatable bonds is 7. The van der Waals surface area contributed by atoms with Crippen LogP contribution in [0.4, 0.5) is 0 Å². The van der Waals surface area contributed by atoms with Crippen LogP contribution < -0.4 is 5.32 Å². The molecule has 0 bridgehead atoms. The summed E-state index contributed by atoms with van der Waals surface area (Å²) in [4.78, 5) is 19.8. The fourth-order valence-corrected chi connectivity index (χ4v) is 3.76. The number of hydrogen-bond donors (Lipinski definition) is 1. The Bertz CT molecular complexity index is 574. The third-order valence-corrected chi connectivity index (χ3v) is 5.27. The lowest BCUT2D eigenvalue weighted by Gasteiger charge is -2.17. The van der Waals surface area contributed by atoms with E-state index in [1.807, 2.05) is 18.4 Å². The molecule has 0 unspecified atom stereocenters. The van der Waals surface area contributed by atoms with Crippen LogP contribution in [0, 0.1) is 6.92 Å². The summed E-state index contributed by atoms with van der Waals surface area (Å²) in [6.07, 6.45) is 0. The highest BCUT2D eigenvalue weighted by molar-refractivity contribution is 7.17. The number of aromatic nitrogens is 1. The highest BCUT2D eigenvalue weighted by Gasteiger charge is 2.16. The molecular weight excluding hydrogens is 302 g/mol. The zero-order valence-electron chi connectivity index (χ0n) is 12.7. The van der Waals surface area contributed by atoms with Crippen LogP contribution >= 0.6 is 22.7 Å². The zero-order valence-corrected chi connectivity index (χ0v) is 14.3. The molecule has 0 saturated carbocycles. The van der Waals surface area contributed by atoms with Crippen LogP contribution in [0.1, 0.15) is 29.2 Å². The van der Waals surface area contributed by atoms with Gasteiger partial charge in [-0.1, -0.05) is 13.8 Å².